The van der Waals surface area contributed by atoms with Gasteiger partial charge < -0.3 is 4.57 Å². The summed E-state index contributed by atoms with van der Waals surface area (Å²) in [6.07, 6.45) is 3.40. The highest BCUT2D eigenvalue weighted by molar-refractivity contribution is 7.89. The van der Waals surface area contributed by atoms with Crippen LogP contribution in [0.1, 0.15) is 12.8 Å². The molecule has 0 atom stereocenters. The number of hydrogen-bond acceptors (Lipinski definition) is 6. The number of rotatable bonds is 8. The number of nitro groups is 1. The molecule has 0 bridgehead atoms. The Morgan fingerprint density at radius 2 is 1.87 bits per heavy atom. The molecule has 2 aromatic carbocycles. The molecule has 1 aliphatic rings. The number of carbonyl (C=O) groups excluding carboxylic acids is 1. The predicted molar refractivity (Wildman–Crippen MR) is 110 cm³/mol. The van der Waals surface area contributed by atoms with E-state index in [1.54, 1.807) is 35.0 Å². The molecular formula is C19H19N5O5S. The number of fused-ring (bicyclic) bond motifs is 1. The molecule has 0 aliphatic heterocycles. The molecule has 0 unspecified atom stereocenters. The number of nitrogens with zero attached hydrogens (tertiary/aromatic N) is 2. The van der Waals surface area contributed by atoms with Crippen molar-refractivity contribution in [1.29, 1.82) is 0 Å². The molecule has 1 fully saturated rings. The van der Waals surface area contributed by atoms with Gasteiger partial charge in [-0.2, -0.15) is 0 Å². The Balaban J connectivity index is 1.36. The zero-order valence-corrected chi connectivity index (χ0v) is 16.6. The van der Waals surface area contributed by atoms with E-state index in [2.05, 4.69) is 15.6 Å². The number of benzene rings is 2. The molecule has 1 amide bonds. The van der Waals surface area contributed by atoms with E-state index in [4.69, 9.17) is 0 Å². The van der Waals surface area contributed by atoms with Crippen molar-refractivity contribution < 1.29 is 18.1 Å². The second-order valence-corrected chi connectivity index (χ2v) is 8.75. The van der Waals surface area contributed by atoms with Gasteiger partial charge in [0.25, 0.3) is 11.6 Å². The van der Waals surface area contributed by atoms with Crippen LogP contribution in [0, 0.1) is 10.1 Å². The Morgan fingerprint density at radius 1 is 1.13 bits per heavy atom. The lowest BCUT2D eigenvalue weighted by atomic mass is 10.2. The summed E-state index contributed by atoms with van der Waals surface area (Å²) in [4.78, 5) is 22.8. The Morgan fingerprint density at radius 3 is 2.53 bits per heavy atom. The topological polar surface area (TPSA) is 135 Å². The monoisotopic (exact) mass is 429 g/mol. The van der Waals surface area contributed by atoms with Crippen LogP contribution in [0.3, 0.4) is 0 Å². The summed E-state index contributed by atoms with van der Waals surface area (Å²) in [5.41, 5.74) is 6.51. The van der Waals surface area contributed by atoms with Crippen molar-refractivity contribution in [1.82, 2.24) is 14.7 Å². The van der Waals surface area contributed by atoms with Gasteiger partial charge in [0.1, 0.15) is 6.54 Å². The van der Waals surface area contributed by atoms with Crippen LogP contribution in [0.15, 0.2) is 59.6 Å². The van der Waals surface area contributed by atoms with Crippen LogP contribution >= 0.6 is 0 Å². The van der Waals surface area contributed by atoms with Crippen LogP contribution in [-0.2, 0) is 21.4 Å². The van der Waals surface area contributed by atoms with E-state index in [0.717, 1.165) is 12.8 Å². The van der Waals surface area contributed by atoms with E-state index in [9.17, 15) is 23.3 Å². The fraction of sp³-hybridized carbons (Fsp3) is 0.211. The molecule has 1 heterocycles. The van der Waals surface area contributed by atoms with Crippen LogP contribution in [0.2, 0.25) is 0 Å². The zero-order valence-electron chi connectivity index (χ0n) is 15.7. The smallest absolute Gasteiger partial charge is 0.270 e. The van der Waals surface area contributed by atoms with Gasteiger partial charge in [-0.3, -0.25) is 25.8 Å². The normalized spacial score (nSPS) is 13.9. The Bertz CT molecular complexity index is 1220. The van der Waals surface area contributed by atoms with Crippen LogP contribution < -0.4 is 15.6 Å². The first-order valence-electron chi connectivity index (χ1n) is 9.22. The van der Waals surface area contributed by atoms with Gasteiger partial charge >= 0.3 is 0 Å². The van der Waals surface area contributed by atoms with Gasteiger partial charge in [-0.15, -0.1) is 0 Å². The maximum atomic E-state index is 12.2. The molecule has 3 aromatic rings. The highest BCUT2D eigenvalue weighted by atomic mass is 32.2. The summed E-state index contributed by atoms with van der Waals surface area (Å²) >= 11 is 0. The quantitative estimate of drug-likeness (QED) is 0.371. The molecule has 3 N–H and O–H groups in total. The number of amides is 1. The van der Waals surface area contributed by atoms with Crippen molar-refractivity contribution in [2.24, 2.45) is 0 Å². The van der Waals surface area contributed by atoms with Crippen LogP contribution in [-0.4, -0.2) is 29.9 Å². The third-order valence-electron chi connectivity index (χ3n) is 4.69. The molecule has 0 saturated heterocycles. The van der Waals surface area contributed by atoms with Crippen LogP contribution in [0.4, 0.5) is 11.4 Å². The second kappa shape index (κ2) is 7.76. The van der Waals surface area contributed by atoms with E-state index in [1.807, 2.05) is 0 Å². The lowest BCUT2D eigenvalue weighted by Gasteiger charge is -2.11. The molecule has 11 heteroatoms. The molecule has 0 radical (unpaired) electrons. The molecule has 4 rings (SSSR count). The lowest BCUT2D eigenvalue weighted by molar-refractivity contribution is -0.384. The highest BCUT2D eigenvalue weighted by Crippen LogP contribution is 2.23. The SMILES string of the molecule is O=C(Cn1ccc2cc([N+](=O)[O-])ccc21)NNc1ccc(S(=O)(=O)NC2CC2)cc1. The summed E-state index contributed by atoms with van der Waals surface area (Å²) in [5.74, 6) is -0.335. The highest BCUT2D eigenvalue weighted by Gasteiger charge is 2.27. The van der Waals surface area contributed by atoms with Gasteiger partial charge in [0.15, 0.2) is 0 Å². The van der Waals surface area contributed by atoms with Gasteiger partial charge in [-0.25, -0.2) is 13.1 Å². The number of non-ortho nitro benzene ring substituents is 1. The van der Waals surface area contributed by atoms with Crippen molar-refractivity contribution in [3.63, 3.8) is 0 Å². The first-order valence-corrected chi connectivity index (χ1v) is 10.7. The van der Waals surface area contributed by atoms with Crippen molar-refractivity contribution in [2.45, 2.75) is 30.3 Å². The number of nitrogens with one attached hydrogen (secondary N) is 3. The van der Waals surface area contributed by atoms with Gasteiger partial charge in [0.2, 0.25) is 10.0 Å². The van der Waals surface area contributed by atoms with Crippen LogP contribution in [0.25, 0.3) is 10.9 Å². The Kier molecular flexibility index (Phi) is 5.14. The third kappa shape index (κ3) is 4.42. The van der Waals surface area contributed by atoms with Gasteiger partial charge in [0, 0.05) is 35.3 Å². The minimum atomic E-state index is -3.52. The molecule has 30 heavy (non-hydrogen) atoms. The van der Waals surface area contributed by atoms with Crippen LogP contribution in [0.5, 0.6) is 0 Å². The molecule has 0 spiro atoms. The maximum Gasteiger partial charge on any atom is 0.270 e. The van der Waals surface area contributed by atoms with Gasteiger partial charge in [-0.05, 0) is 49.2 Å². The number of sulfonamides is 1. The maximum absolute atomic E-state index is 12.2. The van der Waals surface area contributed by atoms with Crippen molar-refractivity contribution in [3.05, 3.63) is 64.8 Å². The fourth-order valence-corrected chi connectivity index (χ4v) is 4.29. The van der Waals surface area contributed by atoms with Gasteiger partial charge in [-0.1, -0.05) is 0 Å². The number of aromatic nitrogens is 1. The van der Waals surface area contributed by atoms with Gasteiger partial charge in [0.05, 0.1) is 15.5 Å². The summed E-state index contributed by atoms with van der Waals surface area (Å²) in [5, 5.41) is 11.5. The van der Waals surface area contributed by atoms with E-state index < -0.39 is 14.9 Å². The number of anilines is 1. The average molecular weight is 429 g/mol. The summed E-state index contributed by atoms with van der Waals surface area (Å²) in [7, 11) is -3.52. The second-order valence-electron chi connectivity index (χ2n) is 7.04. The van der Waals surface area contributed by atoms with E-state index in [1.165, 1.54) is 24.3 Å². The predicted octanol–water partition coefficient (Wildman–Crippen LogP) is 2.13. The average Bonchev–Trinajstić information content (AvgIpc) is 3.44. The first kappa shape index (κ1) is 19.9. The van der Waals surface area contributed by atoms with E-state index >= 15 is 0 Å². The van der Waals surface area contributed by atoms with E-state index in [0.29, 0.717) is 16.6 Å². The summed E-state index contributed by atoms with van der Waals surface area (Å²) in [6, 6.07) is 12.2. The Labute approximate surface area is 172 Å². The minimum Gasteiger partial charge on any atom is -0.338 e. The molecule has 10 nitrogen and oxygen atoms in total. The molecular weight excluding hydrogens is 410 g/mol. The summed E-state index contributed by atoms with van der Waals surface area (Å²) in [6.45, 7) is 0.00603. The largest absolute Gasteiger partial charge is 0.338 e. The molecule has 156 valence electrons. The summed E-state index contributed by atoms with van der Waals surface area (Å²) < 4.78 is 28.6. The molecule has 1 aliphatic carbocycles. The first-order chi connectivity index (χ1) is 14.3. The number of carbonyl (C=O) groups is 1. The number of hydrogen-bond donors (Lipinski definition) is 3. The van der Waals surface area contributed by atoms with Crippen molar-refractivity contribution in [3.8, 4) is 0 Å². The lowest BCUT2D eigenvalue weighted by Crippen LogP contribution is -2.32. The number of nitro benzene ring substituents is 1. The molecule has 1 saturated carbocycles. The van der Waals surface area contributed by atoms with Crippen molar-refractivity contribution in [2.75, 3.05) is 5.43 Å². The Hall–Kier alpha value is -3.44. The zero-order chi connectivity index (χ0) is 21.3. The number of hydrazine groups is 1. The standard InChI is InChI=1S/C19H19N5O5S/c25-19(12-23-10-9-13-11-16(24(26)27)5-8-18(13)23)21-20-14-3-6-17(7-4-14)30(28,29)22-15-1-2-15/h3-11,15,20,22H,1-2,12H2,(H,21,25). The third-order valence-corrected chi connectivity index (χ3v) is 6.23. The van der Waals surface area contributed by atoms with Crippen molar-refractivity contribution >= 4 is 38.2 Å². The molecule has 1 aromatic heterocycles. The minimum absolute atomic E-state index is 0.00603. The van der Waals surface area contributed by atoms with E-state index in [-0.39, 0.29) is 29.1 Å². The fourth-order valence-electron chi connectivity index (χ4n) is 2.98.